The first-order valence-electron chi connectivity index (χ1n) is 8.23. The van der Waals surface area contributed by atoms with Gasteiger partial charge in [-0.3, -0.25) is 4.79 Å². The lowest BCUT2D eigenvalue weighted by atomic mass is 10.1. The minimum Gasteiger partial charge on any atom is -0.467 e. The van der Waals surface area contributed by atoms with E-state index in [0.717, 1.165) is 12.8 Å². The van der Waals surface area contributed by atoms with Crippen molar-refractivity contribution in [3.05, 3.63) is 0 Å². The lowest BCUT2D eigenvalue weighted by Gasteiger charge is -2.39. The molecule has 134 valence electrons. The van der Waals surface area contributed by atoms with Crippen LogP contribution in [0.4, 0.5) is 4.39 Å². The summed E-state index contributed by atoms with van der Waals surface area (Å²) in [6.45, 7) is 11.4. The second-order valence-electron chi connectivity index (χ2n) is 7.27. The molecule has 0 aromatic rings. The minimum absolute atomic E-state index is 0.112. The second kappa shape index (κ2) is 7.74. The van der Waals surface area contributed by atoms with E-state index in [1.54, 1.807) is 0 Å². The summed E-state index contributed by atoms with van der Waals surface area (Å²) in [5.74, 6) is -1.21. The summed E-state index contributed by atoms with van der Waals surface area (Å²) in [7, 11) is -0.722. The van der Waals surface area contributed by atoms with Crippen molar-refractivity contribution in [1.82, 2.24) is 4.90 Å². The van der Waals surface area contributed by atoms with Crippen molar-refractivity contribution in [2.45, 2.75) is 70.4 Å². The highest BCUT2D eigenvalue weighted by Crippen LogP contribution is 2.42. The zero-order valence-electron chi connectivity index (χ0n) is 15.1. The van der Waals surface area contributed by atoms with Gasteiger partial charge in [0, 0.05) is 13.0 Å². The highest BCUT2D eigenvalue weighted by atomic mass is 28.4. The molecule has 1 amide bonds. The smallest absolute Gasteiger partial charge is 0.328 e. The summed E-state index contributed by atoms with van der Waals surface area (Å²) in [5.41, 5.74) is 0. The van der Waals surface area contributed by atoms with E-state index in [1.807, 2.05) is 0 Å². The topological polar surface area (TPSA) is 55.8 Å². The minimum atomic E-state index is -1.97. The zero-order chi connectivity index (χ0) is 17.8. The monoisotopic (exact) mass is 347 g/mol. The van der Waals surface area contributed by atoms with E-state index in [0.29, 0.717) is 6.61 Å². The fraction of sp³-hybridized carbons (Fsp3) is 0.875. The molecule has 0 radical (unpaired) electrons. The SMILES string of the molecule is CCCC(C)(C)[Si](C)(C)OCCN1C(=O)[C@H](F)C[C@H]1C(=O)OC. The molecule has 0 bridgehead atoms. The van der Waals surface area contributed by atoms with E-state index in [9.17, 15) is 14.0 Å². The Morgan fingerprint density at radius 2 is 2.04 bits per heavy atom. The van der Waals surface area contributed by atoms with Crippen molar-refractivity contribution in [3.8, 4) is 0 Å². The molecular weight excluding hydrogens is 317 g/mol. The molecule has 0 aromatic carbocycles. The van der Waals surface area contributed by atoms with Crippen molar-refractivity contribution in [1.29, 1.82) is 0 Å². The van der Waals surface area contributed by atoms with Crippen LogP contribution < -0.4 is 0 Å². The van der Waals surface area contributed by atoms with E-state index in [-0.39, 0.29) is 18.0 Å². The largest absolute Gasteiger partial charge is 0.467 e. The van der Waals surface area contributed by atoms with Crippen molar-refractivity contribution in [2.75, 3.05) is 20.3 Å². The normalized spacial score (nSPS) is 22.6. The number of halogens is 1. The lowest BCUT2D eigenvalue weighted by molar-refractivity contribution is -0.149. The van der Waals surface area contributed by atoms with Crippen molar-refractivity contribution >= 4 is 20.2 Å². The van der Waals surface area contributed by atoms with Crippen LogP contribution in [0.15, 0.2) is 0 Å². The number of carbonyl (C=O) groups excluding carboxylic acids is 2. The number of ether oxygens (including phenoxy) is 1. The predicted molar refractivity (Wildman–Crippen MR) is 89.4 cm³/mol. The van der Waals surface area contributed by atoms with Crippen LogP contribution in [-0.4, -0.2) is 57.6 Å². The molecule has 1 heterocycles. The van der Waals surface area contributed by atoms with Gasteiger partial charge in [0.05, 0.1) is 13.7 Å². The molecule has 1 saturated heterocycles. The van der Waals surface area contributed by atoms with Crippen LogP contribution in [-0.2, 0) is 18.8 Å². The van der Waals surface area contributed by atoms with Crippen LogP contribution in [0.2, 0.25) is 18.1 Å². The molecule has 0 N–H and O–H groups in total. The van der Waals surface area contributed by atoms with Gasteiger partial charge in [-0.2, -0.15) is 0 Å². The number of hydrogen-bond donors (Lipinski definition) is 0. The first-order chi connectivity index (χ1) is 10.6. The summed E-state index contributed by atoms with van der Waals surface area (Å²) in [6.07, 6.45) is 0.409. The Morgan fingerprint density at radius 3 is 2.57 bits per heavy atom. The summed E-state index contributed by atoms with van der Waals surface area (Å²) in [4.78, 5) is 24.9. The number of carbonyl (C=O) groups is 2. The van der Waals surface area contributed by atoms with Gasteiger partial charge in [0.15, 0.2) is 14.5 Å². The fourth-order valence-electron chi connectivity index (χ4n) is 2.90. The summed E-state index contributed by atoms with van der Waals surface area (Å²) in [5, 5.41) is 0.112. The Bertz CT molecular complexity index is 442. The van der Waals surface area contributed by atoms with Crippen LogP contribution >= 0.6 is 0 Å². The zero-order valence-corrected chi connectivity index (χ0v) is 16.1. The molecule has 5 nitrogen and oxygen atoms in total. The molecule has 0 saturated carbocycles. The number of alkyl halides is 1. The molecule has 2 atom stereocenters. The van der Waals surface area contributed by atoms with E-state index >= 15 is 0 Å². The lowest BCUT2D eigenvalue weighted by Crippen LogP contribution is -2.46. The summed E-state index contributed by atoms with van der Waals surface area (Å²) >= 11 is 0. The molecule has 0 aromatic heterocycles. The number of amides is 1. The Kier molecular flexibility index (Phi) is 6.77. The molecule has 23 heavy (non-hydrogen) atoms. The van der Waals surface area contributed by atoms with Crippen molar-refractivity contribution < 1.29 is 23.1 Å². The van der Waals surface area contributed by atoms with Gasteiger partial charge in [-0.05, 0) is 24.6 Å². The third-order valence-corrected chi connectivity index (χ3v) is 9.57. The fourth-order valence-corrected chi connectivity index (χ4v) is 4.75. The molecular formula is C16H30FNO4Si. The van der Waals surface area contributed by atoms with Gasteiger partial charge >= 0.3 is 5.97 Å². The summed E-state index contributed by atoms with van der Waals surface area (Å²) < 4.78 is 24.4. The van der Waals surface area contributed by atoms with Gasteiger partial charge in [0.2, 0.25) is 0 Å². The van der Waals surface area contributed by atoms with E-state index in [1.165, 1.54) is 12.0 Å². The highest BCUT2D eigenvalue weighted by Gasteiger charge is 2.45. The Balaban J connectivity index is 2.65. The molecule has 1 fully saturated rings. The quantitative estimate of drug-likeness (QED) is 0.500. The Hall–Kier alpha value is -0.953. The van der Waals surface area contributed by atoms with Crippen LogP contribution in [0.5, 0.6) is 0 Å². The van der Waals surface area contributed by atoms with Gasteiger partial charge in [-0.15, -0.1) is 0 Å². The predicted octanol–water partition coefficient (Wildman–Crippen LogP) is 2.90. The first-order valence-corrected chi connectivity index (χ1v) is 11.1. The first kappa shape index (κ1) is 20.1. The van der Waals surface area contributed by atoms with Gasteiger partial charge in [0.1, 0.15) is 6.04 Å². The molecule has 1 aliphatic heterocycles. The highest BCUT2D eigenvalue weighted by molar-refractivity contribution is 6.74. The number of rotatable bonds is 8. The van der Waals surface area contributed by atoms with Crippen LogP contribution in [0.25, 0.3) is 0 Å². The second-order valence-corrected chi connectivity index (χ2v) is 11.9. The number of methoxy groups -OCH3 is 1. The van der Waals surface area contributed by atoms with Gasteiger partial charge in [-0.25, -0.2) is 9.18 Å². The number of likely N-dealkylation sites (tertiary alicyclic amines) is 1. The maximum atomic E-state index is 13.6. The van der Waals surface area contributed by atoms with E-state index in [2.05, 4.69) is 38.6 Å². The average molecular weight is 348 g/mol. The number of hydrogen-bond acceptors (Lipinski definition) is 4. The standard InChI is InChI=1S/C16H30FNO4Si/c1-7-8-16(2,3)23(5,6)22-10-9-18-13(15(20)21-4)11-12(17)14(18)19/h12-13H,7-11H2,1-6H3/t12-,13+/m1/s1. The van der Waals surface area contributed by atoms with Gasteiger partial charge < -0.3 is 14.1 Å². The van der Waals surface area contributed by atoms with Crippen LogP contribution in [0, 0.1) is 0 Å². The van der Waals surface area contributed by atoms with Crippen LogP contribution in [0.3, 0.4) is 0 Å². The Labute approximate surface area is 139 Å². The Morgan fingerprint density at radius 1 is 1.43 bits per heavy atom. The molecule has 0 aliphatic carbocycles. The third kappa shape index (κ3) is 4.53. The third-order valence-electron chi connectivity index (χ3n) is 5.13. The van der Waals surface area contributed by atoms with E-state index in [4.69, 9.17) is 4.43 Å². The summed E-state index contributed by atoms with van der Waals surface area (Å²) in [6, 6.07) is -0.834. The molecule has 7 heteroatoms. The van der Waals surface area contributed by atoms with Gasteiger partial charge in [-0.1, -0.05) is 27.2 Å². The molecule has 0 unspecified atom stereocenters. The average Bonchev–Trinajstić information content (AvgIpc) is 2.74. The van der Waals surface area contributed by atoms with Crippen LogP contribution in [0.1, 0.15) is 40.0 Å². The van der Waals surface area contributed by atoms with Crippen molar-refractivity contribution in [2.24, 2.45) is 0 Å². The molecule has 1 rings (SSSR count). The molecule has 1 aliphatic rings. The van der Waals surface area contributed by atoms with Gasteiger partial charge in [0.25, 0.3) is 5.91 Å². The maximum absolute atomic E-state index is 13.6. The number of nitrogens with zero attached hydrogens (tertiary/aromatic N) is 1. The maximum Gasteiger partial charge on any atom is 0.328 e. The number of esters is 1. The van der Waals surface area contributed by atoms with E-state index < -0.39 is 32.4 Å². The van der Waals surface area contributed by atoms with Crippen molar-refractivity contribution in [3.63, 3.8) is 0 Å². The molecule has 0 spiro atoms.